The number of sulfonamides is 1. The summed E-state index contributed by atoms with van der Waals surface area (Å²) >= 11 is 6.66. The Balaban J connectivity index is 1.45. The molecule has 1 fully saturated rings. The molecule has 0 saturated heterocycles. The highest BCUT2D eigenvalue weighted by atomic mass is 35.5. The van der Waals surface area contributed by atoms with Crippen molar-refractivity contribution in [3.05, 3.63) is 117 Å². The van der Waals surface area contributed by atoms with Crippen LogP contribution < -0.4 is 25.1 Å². The van der Waals surface area contributed by atoms with Crippen LogP contribution in [0.25, 0.3) is 27.5 Å². The lowest BCUT2D eigenvalue weighted by molar-refractivity contribution is 0.123. The van der Waals surface area contributed by atoms with E-state index in [1.807, 2.05) is 0 Å². The van der Waals surface area contributed by atoms with Crippen LogP contribution in [0, 0.1) is 17.5 Å². The molecule has 2 aromatic heterocycles. The van der Waals surface area contributed by atoms with E-state index in [0.717, 1.165) is 22.8 Å². The molecule has 1 aliphatic carbocycles. The number of methoxy groups -OCH3 is 2. The summed E-state index contributed by atoms with van der Waals surface area (Å²) in [5.41, 5.74) is -1.57. The highest BCUT2D eigenvalue weighted by Crippen LogP contribution is 2.48. The first-order chi connectivity index (χ1) is 27.5. The molecule has 0 radical (unpaired) electrons. The zero-order chi connectivity index (χ0) is 41.7. The van der Waals surface area contributed by atoms with Gasteiger partial charge in [-0.2, -0.15) is 5.10 Å². The molecule has 0 aliphatic heterocycles. The first kappa shape index (κ1) is 40.3. The number of anilines is 1. The number of benzene rings is 4. The third-order valence-electron chi connectivity index (χ3n) is 9.80. The maximum atomic E-state index is 15.8. The van der Waals surface area contributed by atoms with Gasteiger partial charge in [-0.15, -0.1) is 0 Å². The SMILES string of the molecule is COc1ccc(CC2(S(=O)(=O)Nc3nn(CC(F)F)c4c(-n5c([C@H](Cc6cc(F)cc(F)c6)NC(=O)O)nc6cc(OC)cc(F)c6c5=O)ccc(Cl)c34)CC2)cc1. The fourth-order valence-electron chi connectivity index (χ4n) is 6.97. The van der Waals surface area contributed by atoms with Crippen LogP contribution in [0.3, 0.4) is 0 Å². The summed E-state index contributed by atoms with van der Waals surface area (Å²) < 4.78 is 114. The maximum absolute atomic E-state index is 15.8. The summed E-state index contributed by atoms with van der Waals surface area (Å²) in [4.78, 5) is 31.3. The summed E-state index contributed by atoms with van der Waals surface area (Å²) in [6.07, 6.45) is -4.68. The highest BCUT2D eigenvalue weighted by Gasteiger charge is 2.55. The second-order valence-corrected chi connectivity index (χ2v) is 16.1. The second-order valence-electron chi connectivity index (χ2n) is 13.6. The number of alkyl halides is 2. The van der Waals surface area contributed by atoms with E-state index in [1.165, 1.54) is 32.4 Å². The molecule has 1 atom stereocenters. The molecule has 6 aromatic rings. The number of hydrogen-bond acceptors (Lipinski definition) is 8. The van der Waals surface area contributed by atoms with Crippen molar-refractivity contribution in [3.63, 3.8) is 0 Å². The number of nitrogens with one attached hydrogen (secondary N) is 2. The number of carboxylic acid groups (broad SMARTS) is 1. The minimum absolute atomic E-state index is 0.0724. The van der Waals surface area contributed by atoms with Crippen molar-refractivity contribution in [1.29, 1.82) is 0 Å². The Hall–Kier alpha value is -5.95. The molecule has 1 aliphatic rings. The average molecular weight is 847 g/mol. The molecule has 304 valence electrons. The quantitative estimate of drug-likeness (QED) is 0.0965. The molecule has 58 heavy (non-hydrogen) atoms. The molecule has 2 heterocycles. The van der Waals surface area contributed by atoms with E-state index in [0.29, 0.717) is 22.1 Å². The molecular weight excluding hydrogens is 815 g/mol. The van der Waals surface area contributed by atoms with Gasteiger partial charge in [-0.3, -0.25) is 18.8 Å². The van der Waals surface area contributed by atoms with Gasteiger partial charge in [-0.05, 0) is 66.8 Å². The molecule has 1 saturated carbocycles. The third kappa shape index (κ3) is 7.70. The number of amides is 1. The minimum atomic E-state index is -4.32. The van der Waals surface area contributed by atoms with Gasteiger partial charge in [-0.1, -0.05) is 23.7 Å². The van der Waals surface area contributed by atoms with Crippen molar-refractivity contribution in [3.8, 4) is 17.2 Å². The molecule has 3 N–H and O–H groups in total. The molecule has 13 nitrogen and oxygen atoms in total. The molecule has 7 rings (SSSR count). The number of hydrogen-bond donors (Lipinski definition) is 3. The van der Waals surface area contributed by atoms with Gasteiger partial charge < -0.3 is 19.9 Å². The number of rotatable bonds is 14. The molecule has 0 bridgehead atoms. The van der Waals surface area contributed by atoms with Gasteiger partial charge >= 0.3 is 6.09 Å². The Kier molecular flexibility index (Phi) is 10.7. The lowest BCUT2D eigenvalue weighted by atomic mass is 10.0. The van der Waals surface area contributed by atoms with E-state index >= 15 is 4.39 Å². The van der Waals surface area contributed by atoms with Crippen LogP contribution in [0.5, 0.6) is 11.5 Å². The maximum Gasteiger partial charge on any atom is 0.405 e. The fourth-order valence-corrected chi connectivity index (χ4v) is 8.82. The van der Waals surface area contributed by atoms with Gasteiger partial charge in [0.05, 0.1) is 52.1 Å². The summed E-state index contributed by atoms with van der Waals surface area (Å²) in [5.74, 6) is -3.56. The van der Waals surface area contributed by atoms with Crippen LogP contribution in [0.15, 0.2) is 71.5 Å². The van der Waals surface area contributed by atoms with Gasteiger partial charge in [0.25, 0.3) is 12.0 Å². The van der Waals surface area contributed by atoms with Crippen LogP contribution in [0.2, 0.25) is 5.02 Å². The fraction of sp³-hybridized carbons (Fsp3) is 0.263. The molecule has 1 amide bonds. The topological polar surface area (TPSA) is 167 Å². The van der Waals surface area contributed by atoms with Gasteiger partial charge in [0, 0.05) is 24.6 Å². The van der Waals surface area contributed by atoms with Crippen LogP contribution in [-0.2, 0) is 29.4 Å². The number of aromatic nitrogens is 4. The predicted octanol–water partition coefficient (Wildman–Crippen LogP) is 7.16. The van der Waals surface area contributed by atoms with E-state index in [-0.39, 0.29) is 57.7 Å². The monoisotopic (exact) mass is 846 g/mol. The van der Waals surface area contributed by atoms with Gasteiger partial charge in [-0.25, -0.2) is 40.1 Å². The molecule has 0 spiro atoms. The number of ether oxygens (including phenoxy) is 2. The zero-order valence-corrected chi connectivity index (χ0v) is 32.0. The Morgan fingerprint density at radius 3 is 2.22 bits per heavy atom. The minimum Gasteiger partial charge on any atom is -0.497 e. The van der Waals surface area contributed by atoms with Crippen molar-refractivity contribution in [2.24, 2.45) is 0 Å². The van der Waals surface area contributed by atoms with Crippen LogP contribution in [0.4, 0.5) is 32.6 Å². The third-order valence-corrected chi connectivity index (χ3v) is 12.3. The highest BCUT2D eigenvalue weighted by molar-refractivity contribution is 7.94. The molecular formula is C38H32ClF5N6O7S. The van der Waals surface area contributed by atoms with E-state index in [1.54, 1.807) is 24.3 Å². The number of halogens is 6. The van der Waals surface area contributed by atoms with Crippen LogP contribution in [-0.4, -0.2) is 64.3 Å². The Morgan fingerprint density at radius 1 is 0.948 bits per heavy atom. The zero-order valence-electron chi connectivity index (χ0n) is 30.4. The Morgan fingerprint density at radius 2 is 1.62 bits per heavy atom. The smallest absolute Gasteiger partial charge is 0.405 e. The second kappa shape index (κ2) is 15.4. The van der Waals surface area contributed by atoms with Gasteiger partial charge in [0.2, 0.25) is 10.0 Å². The molecule has 4 aromatic carbocycles. The van der Waals surface area contributed by atoms with Gasteiger partial charge in [0.1, 0.15) is 46.7 Å². The summed E-state index contributed by atoms with van der Waals surface area (Å²) in [6, 6.07) is 12.1. The van der Waals surface area contributed by atoms with Crippen molar-refractivity contribution in [2.45, 2.75) is 49.4 Å². The first-order valence-electron chi connectivity index (χ1n) is 17.4. The van der Waals surface area contributed by atoms with E-state index in [4.69, 9.17) is 21.1 Å². The largest absolute Gasteiger partial charge is 0.497 e. The normalized spacial score (nSPS) is 14.2. The lowest BCUT2D eigenvalue weighted by Crippen LogP contribution is -2.35. The van der Waals surface area contributed by atoms with Crippen LogP contribution >= 0.6 is 11.6 Å². The number of fused-ring (bicyclic) bond motifs is 2. The summed E-state index contributed by atoms with van der Waals surface area (Å²) in [7, 11) is -1.61. The summed E-state index contributed by atoms with van der Waals surface area (Å²) in [6.45, 7) is -1.15. The van der Waals surface area contributed by atoms with Crippen molar-refractivity contribution >= 4 is 55.3 Å². The Labute approximate surface area is 331 Å². The standard InChI is InChI=1S/C38H32ClF5N6O7S/c1-56-23-5-3-19(4-6-23)17-38(9-10-38)58(54,55)48-34-31-25(39)7-8-29(33(31)49(47-34)18-30(43)44)50-35(45-27-16-24(57-2)15-26(42)32(27)36(50)51)28(46-37(52)53)13-20-11-21(40)14-22(41)12-20/h3-8,11-12,14-16,28,30,46H,9-10,13,17-18H2,1-2H3,(H,47,48)(H,52,53)/t28-/m0/s1. The van der Waals surface area contributed by atoms with E-state index in [9.17, 15) is 40.7 Å². The Bertz CT molecular complexity index is 2740. The van der Waals surface area contributed by atoms with Crippen molar-refractivity contribution in [2.75, 3.05) is 18.9 Å². The van der Waals surface area contributed by atoms with Crippen molar-refractivity contribution in [1.82, 2.24) is 24.6 Å². The lowest BCUT2D eigenvalue weighted by Gasteiger charge is -2.23. The molecule has 0 unspecified atom stereocenters. The number of carbonyl (C=O) groups is 1. The van der Waals surface area contributed by atoms with Crippen molar-refractivity contribution < 1.29 is 49.7 Å². The predicted molar refractivity (Wildman–Crippen MR) is 203 cm³/mol. The van der Waals surface area contributed by atoms with Gasteiger partial charge in [0.15, 0.2) is 5.82 Å². The van der Waals surface area contributed by atoms with E-state index < -0.39 is 86.3 Å². The van der Waals surface area contributed by atoms with Crippen LogP contribution in [0.1, 0.15) is 35.8 Å². The number of nitrogens with zero attached hydrogens (tertiary/aromatic N) is 4. The molecule has 20 heteroatoms. The summed E-state index contributed by atoms with van der Waals surface area (Å²) in [5, 5.41) is 15.2. The average Bonchev–Trinajstić information content (AvgIpc) is 3.86. The van der Waals surface area contributed by atoms with E-state index in [2.05, 4.69) is 20.1 Å². The first-order valence-corrected chi connectivity index (χ1v) is 19.3.